The van der Waals surface area contributed by atoms with E-state index in [9.17, 15) is 5.11 Å². The summed E-state index contributed by atoms with van der Waals surface area (Å²) in [4.78, 5) is 0. The van der Waals surface area contributed by atoms with Gasteiger partial charge in [0, 0.05) is 6.42 Å². The molecule has 0 spiro atoms. The van der Waals surface area contributed by atoms with Crippen molar-refractivity contribution >= 4 is 0 Å². The topological polar surface area (TPSA) is 29.5 Å². The van der Waals surface area contributed by atoms with Crippen LogP contribution < -0.4 is 0 Å². The Labute approximate surface area is 74.9 Å². The molecule has 0 saturated carbocycles. The maximum atomic E-state index is 9.60. The molecule has 0 aliphatic carbocycles. The summed E-state index contributed by atoms with van der Waals surface area (Å²) in [5.74, 6) is 0. The predicted octanol–water partition coefficient (Wildman–Crippen LogP) is 1.96. The van der Waals surface area contributed by atoms with Crippen LogP contribution in [0.1, 0.15) is 40.5 Å². The van der Waals surface area contributed by atoms with Crippen molar-refractivity contribution in [3.63, 3.8) is 0 Å². The van der Waals surface area contributed by atoms with Gasteiger partial charge in [-0.3, -0.25) is 0 Å². The van der Waals surface area contributed by atoms with Gasteiger partial charge in [0.1, 0.15) is 0 Å². The lowest BCUT2D eigenvalue weighted by Gasteiger charge is -2.24. The average molecular weight is 172 g/mol. The molecule has 1 aliphatic rings. The zero-order chi connectivity index (χ0) is 9.35. The Morgan fingerprint density at radius 1 is 1.42 bits per heavy atom. The van der Waals surface area contributed by atoms with Crippen LogP contribution in [-0.2, 0) is 4.74 Å². The van der Waals surface area contributed by atoms with Crippen molar-refractivity contribution in [2.45, 2.75) is 58.8 Å². The molecule has 3 atom stereocenters. The number of hydrogen-bond donors (Lipinski definition) is 1. The largest absolute Gasteiger partial charge is 0.390 e. The Morgan fingerprint density at radius 3 is 2.33 bits per heavy atom. The maximum Gasteiger partial charge on any atom is 0.0843 e. The number of aliphatic hydroxyl groups excluding tert-OH is 1. The molecule has 2 heteroatoms. The Balaban J connectivity index is 2.43. The molecule has 0 aromatic heterocycles. The molecular formula is C10H20O2. The summed E-state index contributed by atoms with van der Waals surface area (Å²) in [6.45, 7) is 8.54. The fraction of sp³-hybridized carbons (Fsp3) is 1.00. The maximum absolute atomic E-state index is 9.60. The molecule has 0 aromatic rings. The van der Waals surface area contributed by atoms with E-state index in [1.165, 1.54) is 0 Å². The first-order valence-electron chi connectivity index (χ1n) is 4.72. The molecule has 0 radical (unpaired) electrons. The molecule has 0 amide bonds. The van der Waals surface area contributed by atoms with E-state index in [0.717, 1.165) is 12.8 Å². The second-order valence-corrected chi connectivity index (χ2v) is 5.05. The van der Waals surface area contributed by atoms with Gasteiger partial charge in [-0.1, -0.05) is 20.8 Å². The minimum atomic E-state index is -0.251. The molecule has 72 valence electrons. The van der Waals surface area contributed by atoms with E-state index in [-0.39, 0.29) is 23.7 Å². The lowest BCUT2D eigenvalue weighted by atomic mass is 9.87. The van der Waals surface area contributed by atoms with E-state index in [4.69, 9.17) is 4.74 Å². The van der Waals surface area contributed by atoms with Gasteiger partial charge in [-0.05, 0) is 18.8 Å². The quantitative estimate of drug-likeness (QED) is 0.655. The van der Waals surface area contributed by atoms with E-state index < -0.39 is 0 Å². The van der Waals surface area contributed by atoms with Crippen LogP contribution in [0.15, 0.2) is 0 Å². The second kappa shape index (κ2) is 3.35. The van der Waals surface area contributed by atoms with Crippen molar-refractivity contribution in [3.8, 4) is 0 Å². The summed E-state index contributed by atoms with van der Waals surface area (Å²) < 4.78 is 5.60. The average Bonchev–Trinajstić information content (AvgIpc) is 2.06. The van der Waals surface area contributed by atoms with Crippen LogP contribution in [0.5, 0.6) is 0 Å². The third-order valence-electron chi connectivity index (χ3n) is 2.22. The van der Waals surface area contributed by atoms with Crippen molar-refractivity contribution in [2.24, 2.45) is 5.41 Å². The number of rotatable bonds is 1. The minimum absolute atomic E-state index is 0.0556. The van der Waals surface area contributed by atoms with Gasteiger partial charge in [0.15, 0.2) is 0 Å². The first-order valence-corrected chi connectivity index (χ1v) is 4.72. The van der Waals surface area contributed by atoms with Gasteiger partial charge in [0.25, 0.3) is 0 Å². The fourth-order valence-electron chi connectivity index (χ4n) is 1.72. The van der Waals surface area contributed by atoms with Crippen molar-refractivity contribution in [1.82, 2.24) is 0 Å². The second-order valence-electron chi connectivity index (χ2n) is 5.05. The van der Waals surface area contributed by atoms with Crippen LogP contribution in [0.2, 0.25) is 0 Å². The Bertz CT molecular complexity index is 148. The first kappa shape index (κ1) is 10.0. The van der Waals surface area contributed by atoms with E-state index in [1.807, 2.05) is 6.92 Å². The zero-order valence-electron chi connectivity index (χ0n) is 8.50. The molecule has 1 aliphatic heterocycles. The fourth-order valence-corrected chi connectivity index (χ4v) is 1.72. The van der Waals surface area contributed by atoms with Gasteiger partial charge in [0.05, 0.1) is 18.3 Å². The normalized spacial score (nSPS) is 37.2. The lowest BCUT2D eigenvalue weighted by molar-refractivity contribution is -0.00694. The van der Waals surface area contributed by atoms with Crippen LogP contribution in [0.3, 0.4) is 0 Å². The first-order chi connectivity index (χ1) is 5.38. The zero-order valence-corrected chi connectivity index (χ0v) is 8.50. The van der Waals surface area contributed by atoms with Gasteiger partial charge in [0.2, 0.25) is 0 Å². The molecule has 1 fully saturated rings. The van der Waals surface area contributed by atoms with Gasteiger partial charge < -0.3 is 9.84 Å². The lowest BCUT2D eigenvalue weighted by Crippen LogP contribution is -2.26. The molecule has 2 nitrogen and oxygen atoms in total. The monoisotopic (exact) mass is 172 g/mol. The summed E-state index contributed by atoms with van der Waals surface area (Å²) >= 11 is 0. The van der Waals surface area contributed by atoms with Gasteiger partial charge in [-0.15, -0.1) is 0 Å². The third-order valence-corrected chi connectivity index (χ3v) is 2.22. The minimum Gasteiger partial charge on any atom is -0.390 e. The number of hydrogen-bond acceptors (Lipinski definition) is 2. The summed E-state index contributed by atoms with van der Waals surface area (Å²) in [6.07, 6.45) is 1.77. The highest BCUT2D eigenvalue weighted by atomic mass is 16.5. The summed E-state index contributed by atoms with van der Waals surface area (Å²) in [7, 11) is 0. The standard InChI is InChI=1S/C10H20O2/c1-7-5-8(11)9(12-7)6-10(2,3)4/h7-9,11H,5-6H2,1-4H3/t7-,8+,9+/m0/s1. The summed E-state index contributed by atoms with van der Waals surface area (Å²) in [5.41, 5.74) is 0.246. The summed E-state index contributed by atoms with van der Waals surface area (Å²) in [6, 6.07) is 0. The molecule has 0 bridgehead atoms. The van der Waals surface area contributed by atoms with Gasteiger partial charge in [-0.25, -0.2) is 0 Å². The Morgan fingerprint density at radius 2 is 2.00 bits per heavy atom. The molecule has 12 heavy (non-hydrogen) atoms. The molecule has 1 saturated heterocycles. The van der Waals surface area contributed by atoms with E-state index in [1.54, 1.807) is 0 Å². The van der Waals surface area contributed by atoms with E-state index in [0.29, 0.717) is 0 Å². The van der Waals surface area contributed by atoms with Crippen LogP contribution in [0.4, 0.5) is 0 Å². The molecular weight excluding hydrogens is 152 g/mol. The van der Waals surface area contributed by atoms with Crippen LogP contribution in [-0.4, -0.2) is 23.4 Å². The highest BCUT2D eigenvalue weighted by molar-refractivity contribution is 4.83. The Hall–Kier alpha value is -0.0800. The molecule has 1 rings (SSSR count). The number of ether oxygens (including phenoxy) is 1. The molecule has 0 unspecified atom stereocenters. The van der Waals surface area contributed by atoms with E-state index >= 15 is 0 Å². The third kappa shape index (κ3) is 2.76. The Kier molecular flexibility index (Phi) is 2.79. The SMILES string of the molecule is C[C@H]1C[C@@H](O)[C@@H](CC(C)(C)C)O1. The highest BCUT2D eigenvalue weighted by Crippen LogP contribution is 2.30. The smallest absolute Gasteiger partial charge is 0.0843 e. The molecule has 1 heterocycles. The van der Waals surface area contributed by atoms with Crippen LogP contribution in [0, 0.1) is 5.41 Å². The van der Waals surface area contributed by atoms with Gasteiger partial charge >= 0.3 is 0 Å². The van der Waals surface area contributed by atoms with Crippen molar-refractivity contribution in [1.29, 1.82) is 0 Å². The van der Waals surface area contributed by atoms with Gasteiger partial charge in [-0.2, -0.15) is 0 Å². The summed E-state index contributed by atoms with van der Waals surface area (Å²) in [5, 5.41) is 9.60. The molecule has 0 aromatic carbocycles. The van der Waals surface area contributed by atoms with Crippen molar-refractivity contribution < 1.29 is 9.84 Å². The van der Waals surface area contributed by atoms with Crippen LogP contribution in [0.25, 0.3) is 0 Å². The van der Waals surface area contributed by atoms with Crippen molar-refractivity contribution in [2.75, 3.05) is 0 Å². The van der Waals surface area contributed by atoms with Crippen molar-refractivity contribution in [3.05, 3.63) is 0 Å². The van der Waals surface area contributed by atoms with Crippen LogP contribution >= 0.6 is 0 Å². The molecule has 1 N–H and O–H groups in total. The van der Waals surface area contributed by atoms with E-state index in [2.05, 4.69) is 20.8 Å². The predicted molar refractivity (Wildman–Crippen MR) is 49.0 cm³/mol. The highest BCUT2D eigenvalue weighted by Gasteiger charge is 2.33. The number of aliphatic hydroxyl groups is 1.